The van der Waals surface area contributed by atoms with Gasteiger partial charge in [0, 0.05) is 13.1 Å². The van der Waals surface area contributed by atoms with Crippen LogP contribution in [0.1, 0.15) is 13.8 Å². The van der Waals surface area contributed by atoms with Crippen molar-refractivity contribution in [1.82, 2.24) is 15.0 Å². The third kappa shape index (κ3) is 5.31. The third-order valence-electron chi connectivity index (χ3n) is 3.27. The minimum atomic E-state index is 0.602. The number of rotatable bonds is 8. The zero-order valence-corrected chi connectivity index (χ0v) is 12.9. The molecule has 118 valence electrons. The van der Waals surface area contributed by atoms with E-state index in [1.165, 1.54) is 0 Å². The minimum Gasteiger partial charge on any atom is -0.370 e. The first-order valence-corrected chi connectivity index (χ1v) is 7.70. The SMILES string of the molecule is CCNc1nc(NCC)nc(NCC[NH+]2CCOCC2)n1. The Hall–Kier alpha value is -1.67. The van der Waals surface area contributed by atoms with Gasteiger partial charge < -0.3 is 25.6 Å². The molecule has 0 amide bonds. The van der Waals surface area contributed by atoms with Crippen molar-refractivity contribution in [2.75, 3.05) is 68.4 Å². The number of quaternary nitrogens is 1. The molecule has 0 bridgehead atoms. The summed E-state index contributed by atoms with van der Waals surface area (Å²) in [6, 6.07) is 0. The number of ether oxygens (including phenoxy) is 1. The second kappa shape index (κ2) is 8.58. The molecule has 8 heteroatoms. The molecule has 1 aromatic rings. The lowest BCUT2D eigenvalue weighted by Gasteiger charge is -2.23. The van der Waals surface area contributed by atoms with Gasteiger partial charge in [-0.1, -0.05) is 0 Å². The van der Waals surface area contributed by atoms with Gasteiger partial charge in [-0.15, -0.1) is 0 Å². The Kier molecular flexibility index (Phi) is 6.42. The minimum absolute atomic E-state index is 0.602. The van der Waals surface area contributed by atoms with Crippen LogP contribution in [0.15, 0.2) is 0 Å². The molecular formula is C13H26N7O+. The summed E-state index contributed by atoms with van der Waals surface area (Å²) in [6.07, 6.45) is 0. The van der Waals surface area contributed by atoms with Gasteiger partial charge in [0.15, 0.2) is 0 Å². The zero-order chi connectivity index (χ0) is 14.9. The Morgan fingerprint density at radius 3 is 1.95 bits per heavy atom. The normalized spacial score (nSPS) is 15.7. The van der Waals surface area contributed by atoms with Crippen molar-refractivity contribution in [3.05, 3.63) is 0 Å². The van der Waals surface area contributed by atoms with Gasteiger partial charge in [-0.25, -0.2) is 0 Å². The maximum Gasteiger partial charge on any atom is 0.229 e. The number of nitrogens with one attached hydrogen (secondary N) is 4. The average Bonchev–Trinajstić information content (AvgIpc) is 2.49. The van der Waals surface area contributed by atoms with Crippen LogP contribution < -0.4 is 20.9 Å². The van der Waals surface area contributed by atoms with Crippen molar-refractivity contribution in [2.24, 2.45) is 0 Å². The molecule has 0 aromatic carbocycles. The van der Waals surface area contributed by atoms with E-state index in [4.69, 9.17) is 4.74 Å². The Morgan fingerprint density at radius 2 is 1.43 bits per heavy atom. The maximum atomic E-state index is 5.36. The number of hydrogen-bond acceptors (Lipinski definition) is 7. The van der Waals surface area contributed by atoms with Crippen molar-refractivity contribution in [2.45, 2.75) is 13.8 Å². The lowest BCUT2D eigenvalue weighted by molar-refractivity contribution is -0.906. The zero-order valence-electron chi connectivity index (χ0n) is 12.9. The molecule has 0 saturated carbocycles. The molecule has 1 aliphatic rings. The van der Waals surface area contributed by atoms with Crippen LogP contribution in [0.25, 0.3) is 0 Å². The molecular weight excluding hydrogens is 270 g/mol. The van der Waals surface area contributed by atoms with Crippen molar-refractivity contribution in [1.29, 1.82) is 0 Å². The van der Waals surface area contributed by atoms with E-state index in [9.17, 15) is 0 Å². The van der Waals surface area contributed by atoms with Crippen LogP contribution in [-0.2, 0) is 4.74 Å². The molecule has 2 rings (SSSR count). The van der Waals surface area contributed by atoms with E-state index >= 15 is 0 Å². The second-order valence-corrected chi connectivity index (χ2v) is 4.91. The molecule has 0 aliphatic carbocycles. The second-order valence-electron chi connectivity index (χ2n) is 4.91. The van der Waals surface area contributed by atoms with Crippen LogP contribution in [-0.4, -0.2) is 67.4 Å². The summed E-state index contributed by atoms with van der Waals surface area (Å²) in [5.74, 6) is 1.82. The van der Waals surface area contributed by atoms with Crippen LogP contribution in [0, 0.1) is 0 Å². The summed E-state index contributed by atoms with van der Waals surface area (Å²) in [4.78, 5) is 14.6. The monoisotopic (exact) mass is 296 g/mol. The number of morpholine rings is 1. The van der Waals surface area contributed by atoms with E-state index in [1.54, 1.807) is 4.90 Å². The summed E-state index contributed by atoms with van der Waals surface area (Å²) in [5.41, 5.74) is 0. The predicted octanol–water partition coefficient (Wildman–Crippen LogP) is -0.938. The van der Waals surface area contributed by atoms with Gasteiger partial charge >= 0.3 is 0 Å². The molecule has 1 saturated heterocycles. The highest BCUT2D eigenvalue weighted by atomic mass is 16.5. The van der Waals surface area contributed by atoms with E-state index in [0.717, 1.165) is 52.5 Å². The highest BCUT2D eigenvalue weighted by Gasteiger charge is 2.13. The summed E-state index contributed by atoms with van der Waals surface area (Å²) >= 11 is 0. The molecule has 4 N–H and O–H groups in total. The fraction of sp³-hybridized carbons (Fsp3) is 0.769. The van der Waals surface area contributed by atoms with Crippen LogP contribution >= 0.6 is 0 Å². The molecule has 1 aliphatic heterocycles. The van der Waals surface area contributed by atoms with E-state index in [0.29, 0.717) is 17.8 Å². The maximum absolute atomic E-state index is 5.36. The van der Waals surface area contributed by atoms with Crippen LogP contribution in [0.5, 0.6) is 0 Å². The number of aromatic nitrogens is 3. The summed E-state index contributed by atoms with van der Waals surface area (Å²) in [5, 5.41) is 9.53. The van der Waals surface area contributed by atoms with Crippen molar-refractivity contribution >= 4 is 17.8 Å². The Balaban J connectivity index is 1.87. The predicted molar refractivity (Wildman–Crippen MR) is 83.0 cm³/mol. The van der Waals surface area contributed by atoms with Crippen LogP contribution in [0.4, 0.5) is 17.8 Å². The Morgan fingerprint density at radius 1 is 0.905 bits per heavy atom. The number of hydrogen-bond donors (Lipinski definition) is 4. The quantitative estimate of drug-likeness (QED) is 0.492. The smallest absolute Gasteiger partial charge is 0.229 e. The molecule has 0 radical (unpaired) electrons. The lowest BCUT2D eigenvalue weighted by atomic mass is 10.4. The molecule has 1 fully saturated rings. The molecule has 2 heterocycles. The first kappa shape index (κ1) is 15.7. The highest BCUT2D eigenvalue weighted by molar-refractivity contribution is 5.41. The van der Waals surface area contributed by atoms with Crippen molar-refractivity contribution in [3.8, 4) is 0 Å². The average molecular weight is 296 g/mol. The van der Waals surface area contributed by atoms with E-state index in [1.807, 2.05) is 13.8 Å². The fourth-order valence-electron chi connectivity index (χ4n) is 2.19. The molecule has 21 heavy (non-hydrogen) atoms. The van der Waals surface area contributed by atoms with Crippen LogP contribution in [0.2, 0.25) is 0 Å². The molecule has 0 atom stereocenters. The van der Waals surface area contributed by atoms with E-state index in [-0.39, 0.29) is 0 Å². The van der Waals surface area contributed by atoms with E-state index in [2.05, 4.69) is 30.9 Å². The van der Waals surface area contributed by atoms with Gasteiger partial charge in [0.05, 0.1) is 26.3 Å². The largest absolute Gasteiger partial charge is 0.370 e. The van der Waals surface area contributed by atoms with Gasteiger partial charge in [-0.05, 0) is 13.8 Å². The molecule has 1 aromatic heterocycles. The molecule has 0 spiro atoms. The molecule has 8 nitrogen and oxygen atoms in total. The van der Waals surface area contributed by atoms with Gasteiger partial charge in [0.1, 0.15) is 13.1 Å². The summed E-state index contributed by atoms with van der Waals surface area (Å²) < 4.78 is 5.36. The standard InChI is InChI=1S/C13H25N7O/c1-3-14-11-17-12(15-4-2)19-13(18-11)16-5-6-20-7-9-21-10-8-20/h3-10H2,1-2H3,(H3,14,15,16,17,18,19)/p+1. The van der Waals surface area contributed by atoms with Crippen molar-refractivity contribution in [3.63, 3.8) is 0 Å². The Labute approximate surface area is 125 Å². The van der Waals surface area contributed by atoms with E-state index < -0.39 is 0 Å². The molecule has 0 unspecified atom stereocenters. The lowest BCUT2D eigenvalue weighted by Crippen LogP contribution is -3.14. The Bertz CT molecular complexity index is 399. The third-order valence-corrected chi connectivity index (χ3v) is 3.27. The van der Waals surface area contributed by atoms with Gasteiger partial charge in [-0.3, -0.25) is 0 Å². The highest BCUT2D eigenvalue weighted by Crippen LogP contribution is 2.08. The first-order chi connectivity index (χ1) is 10.3. The van der Waals surface area contributed by atoms with Crippen molar-refractivity contribution < 1.29 is 9.64 Å². The van der Waals surface area contributed by atoms with Gasteiger partial charge in [0.25, 0.3) is 0 Å². The van der Waals surface area contributed by atoms with Gasteiger partial charge in [-0.2, -0.15) is 15.0 Å². The number of anilines is 3. The number of nitrogens with zero attached hydrogens (tertiary/aromatic N) is 3. The fourth-order valence-corrected chi connectivity index (χ4v) is 2.19. The van der Waals surface area contributed by atoms with Crippen LogP contribution in [0.3, 0.4) is 0 Å². The topological polar surface area (TPSA) is 88.4 Å². The summed E-state index contributed by atoms with van der Waals surface area (Å²) in [7, 11) is 0. The van der Waals surface area contributed by atoms with Gasteiger partial charge in [0.2, 0.25) is 17.8 Å². The first-order valence-electron chi connectivity index (χ1n) is 7.70. The summed E-state index contributed by atoms with van der Waals surface area (Å²) in [6.45, 7) is 11.4.